The van der Waals surface area contributed by atoms with E-state index in [0.29, 0.717) is 11.5 Å². The third-order valence-electron chi connectivity index (χ3n) is 3.23. The number of halogens is 1. The molecule has 1 aliphatic rings. The van der Waals surface area contributed by atoms with E-state index in [1.54, 1.807) is 6.07 Å². The standard InChI is InChI=1S/C15H13FN2O3/c1-9(10-2-3-12-13(6-10)21-8-20-12)18-15(19)11-4-5-17-14(16)7-11/h2-7,9H,8H2,1H3,(H,18,19). The quantitative estimate of drug-likeness (QED) is 0.881. The number of hydrogen-bond acceptors (Lipinski definition) is 4. The number of nitrogens with zero attached hydrogens (tertiary/aromatic N) is 1. The van der Waals surface area contributed by atoms with Crippen molar-refractivity contribution in [2.24, 2.45) is 0 Å². The van der Waals surface area contributed by atoms with E-state index in [1.165, 1.54) is 12.3 Å². The molecule has 5 nitrogen and oxygen atoms in total. The van der Waals surface area contributed by atoms with E-state index in [9.17, 15) is 9.18 Å². The number of benzene rings is 1. The van der Waals surface area contributed by atoms with Crippen LogP contribution in [0.15, 0.2) is 36.5 Å². The molecular weight excluding hydrogens is 275 g/mol. The van der Waals surface area contributed by atoms with Crippen LogP contribution in [0.2, 0.25) is 0 Å². The fourth-order valence-corrected chi connectivity index (χ4v) is 2.09. The molecule has 0 radical (unpaired) electrons. The molecule has 2 aromatic rings. The molecule has 6 heteroatoms. The SMILES string of the molecule is CC(NC(=O)c1ccnc(F)c1)c1ccc2c(c1)OCO2. The molecule has 0 bridgehead atoms. The van der Waals surface area contributed by atoms with Crippen LogP contribution in [0, 0.1) is 5.95 Å². The number of amides is 1. The van der Waals surface area contributed by atoms with Gasteiger partial charge in [-0.25, -0.2) is 4.98 Å². The number of fused-ring (bicyclic) bond motifs is 1. The van der Waals surface area contributed by atoms with E-state index in [-0.39, 0.29) is 24.3 Å². The molecule has 21 heavy (non-hydrogen) atoms. The van der Waals surface area contributed by atoms with Crippen LogP contribution in [0.3, 0.4) is 0 Å². The van der Waals surface area contributed by atoms with Crippen molar-refractivity contribution in [1.82, 2.24) is 10.3 Å². The molecule has 1 atom stereocenters. The number of rotatable bonds is 3. The summed E-state index contributed by atoms with van der Waals surface area (Å²) in [6.07, 6.45) is 1.26. The Labute approximate surface area is 120 Å². The molecule has 0 saturated heterocycles. The van der Waals surface area contributed by atoms with Crippen LogP contribution in [0.4, 0.5) is 4.39 Å². The van der Waals surface area contributed by atoms with Crippen molar-refractivity contribution in [3.63, 3.8) is 0 Å². The monoisotopic (exact) mass is 288 g/mol. The molecule has 0 aliphatic carbocycles. The van der Waals surface area contributed by atoms with Gasteiger partial charge in [-0.3, -0.25) is 4.79 Å². The molecule has 0 spiro atoms. The first kappa shape index (κ1) is 13.4. The first-order valence-electron chi connectivity index (χ1n) is 6.45. The van der Waals surface area contributed by atoms with Gasteiger partial charge in [-0.1, -0.05) is 6.07 Å². The van der Waals surface area contributed by atoms with Crippen molar-refractivity contribution in [1.29, 1.82) is 0 Å². The number of hydrogen-bond donors (Lipinski definition) is 1. The summed E-state index contributed by atoms with van der Waals surface area (Å²) >= 11 is 0. The second kappa shape index (κ2) is 5.40. The minimum atomic E-state index is -0.682. The van der Waals surface area contributed by atoms with Crippen LogP contribution in [0.5, 0.6) is 11.5 Å². The number of nitrogens with one attached hydrogen (secondary N) is 1. The smallest absolute Gasteiger partial charge is 0.251 e. The average molecular weight is 288 g/mol. The Kier molecular flexibility index (Phi) is 3.43. The molecule has 3 rings (SSSR count). The van der Waals surface area contributed by atoms with Crippen molar-refractivity contribution >= 4 is 5.91 Å². The Morgan fingerprint density at radius 3 is 2.90 bits per heavy atom. The van der Waals surface area contributed by atoms with Crippen molar-refractivity contribution in [2.45, 2.75) is 13.0 Å². The Balaban J connectivity index is 1.74. The van der Waals surface area contributed by atoms with Crippen LogP contribution < -0.4 is 14.8 Å². The normalized spacial score (nSPS) is 13.8. The third-order valence-corrected chi connectivity index (χ3v) is 3.23. The van der Waals surface area contributed by atoms with Crippen molar-refractivity contribution in [3.05, 3.63) is 53.6 Å². The first-order valence-corrected chi connectivity index (χ1v) is 6.45. The Bertz CT molecular complexity index is 690. The fourth-order valence-electron chi connectivity index (χ4n) is 2.09. The largest absolute Gasteiger partial charge is 0.454 e. The maximum absolute atomic E-state index is 13.0. The highest BCUT2D eigenvalue weighted by atomic mass is 19.1. The third kappa shape index (κ3) is 2.79. The van der Waals surface area contributed by atoms with Gasteiger partial charge in [0.2, 0.25) is 12.7 Å². The second-order valence-electron chi connectivity index (χ2n) is 4.68. The van der Waals surface area contributed by atoms with Gasteiger partial charge >= 0.3 is 0 Å². The number of pyridine rings is 1. The van der Waals surface area contributed by atoms with Gasteiger partial charge in [0.25, 0.3) is 5.91 Å². The van der Waals surface area contributed by atoms with E-state index >= 15 is 0 Å². The molecule has 2 heterocycles. The molecule has 1 amide bonds. The van der Waals surface area contributed by atoms with Crippen LogP contribution in [0.1, 0.15) is 28.9 Å². The summed E-state index contributed by atoms with van der Waals surface area (Å²) in [5.74, 6) is 0.303. The number of ether oxygens (including phenoxy) is 2. The van der Waals surface area contributed by atoms with E-state index in [4.69, 9.17) is 9.47 Å². The molecule has 0 saturated carbocycles. The van der Waals surface area contributed by atoms with Crippen LogP contribution in [0.25, 0.3) is 0 Å². The average Bonchev–Trinajstić information content (AvgIpc) is 2.94. The van der Waals surface area contributed by atoms with Gasteiger partial charge in [-0.15, -0.1) is 0 Å². The lowest BCUT2D eigenvalue weighted by Crippen LogP contribution is -2.26. The topological polar surface area (TPSA) is 60.5 Å². The summed E-state index contributed by atoms with van der Waals surface area (Å²) in [6, 6.07) is 7.79. The zero-order valence-electron chi connectivity index (χ0n) is 11.3. The van der Waals surface area contributed by atoms with Crippen molar-refractivity contribution in [3.8, 4) is 11.5 Å². The number of carbonyl (C=O) groups is 1. The van der Waals surface area contributed by atoms with E-state index in [0.717, 1.165) is 11.6 Å². The number of aromatic nitrogens is 1. The van der Waals surface area contributed by atoms with Gasteiger partial charge in [0.1, 0.15) is 0 Å². The summed E-state index contributed by atoms with van der Waals surface area (Å²) in [7, 11) is 0. The zero-order valence-corrected chi connectivity index (χ0v) is 11.3. The van der Waals surface area contributed by atoms with Crippen LogP contribution in [-0.2, 0) is 0 Å². The molecule has 0 fully saturated rings. The minimum Gasteiger partial charge on any atom is -0.454 e. The van der Waals surface area contributed by atoms with Gasteiger partial charge in [-0.2, -0.15) is 4.39 Å². The highest BCUT2D eigenvalue weighted by molar-refractivity contribution is 5.94. The molecule has 108 valence electrons. The lowest BCUT2D eigenvalue weighted by atomic mass is 10.1. The lowest BCUT2D eigenvalue weighted by Gasteiger charge is -2.14. The van der Waals surface area contributed by atoms with Crippen molar-refractivity contribution in [2.75, 3.05) is 6.79 Å². The highest BCUT2D eigenvalue weighted by Crippen LogP contribution is 2.34. The summed E-state index contributed by atoms with van der Waals surface area (Å²) in [5.41, 5.74) is 1.11. The fraction of sp³-hybridized carbons (Fsp3) is 0.200. The second-order valence-corrected chi connectivity index (χ2v) is 4.68. The molecule has 1 aromatic carbocycles. The maximum atomic E-state index is 13.0. The Hall–Kier alpha value is -2.63. The van der Waals surface area contributed by atoms with E-state index in [1.807, 2.05) is 19.1 Å². The maximum Gasteiger partial charge on any atom is 0.251 e. The summed E-state index contributed by atoms with van der Waals surface area (Å²) in [4.78, 5) is 15.5. The molecule has 1 aromatic heterocycles. The van der Waals surface area contributed by atoms with Gasteiger partial charge < -0.3 is 14.8 Å². The van der Waals surface area contributed by atoms with Gasteiger partial charge in [0.15, 0.2) is 11.5 Å². The predicted octanol–water partition coefficient (Wildman–Crippen LogP) is 2.44. The van der Waals surface area contributed by atoms with Crippen LogP contribution >= 0.6 is 0 Å². The van der Waals surface area contributed by atoms with E-state index in [2.05, 4.69) is 10.3 Å². The first-order chi connectivity index (χ1) is 10.1. The summed E-state index contributed by atoms with van der Waals surface area (Å²) in [6.45, 7) is 2.04. The van der Waals surface area contributed by atoms with Crippen molar-refractivity contribution < 1.29 is 18.7 Å². The summed E-state index contributed by atoms with van der Waals surface area (Å²) in [5, 5.41) is 2.80. The van der Waals surface area contributed by atoms with Crippen LogP contribution in [-0.4, -0.2) is 17.7 Å². The molecule has 1 N–H and O–H groups in total. The Morgan fingerprint density at radius 1 is 1.29 bits per heavy atom. The van der Waals surface area contributed by atoms with Gasteiger partial charge in [0, 0.05) is 17.8 Å². The molecule has 1 aliphatic heterocycles. The molecule has 1 unspecified atom stereocenters. The predicted molar refractivity (Wildman–Crippen MR) is 72.6 cm³/mol. The Morgan fingerprint density at radius 2 is 2.10 bits per heavy atom. The van der Waals surface area contributed by atoms with Gasteiger partial charge in [-0.05, 0) is 30.7 Å². The lowest BCUT2D eigenvalue weighted by molar-refractivity contribution is 0.0939. The zero-order chi connectivity index (χ0) is 14.8. The minimum absolute atomic E-state index is 0.204. The van der Waals surface area contributed by atoms with Gasteiger partial charge in [0.05, 0.1) is 6.04 Å². The molecular formula is C15H13FN2O3. The number of carbonyl (C=O) groups excluding carboxylic acids is 1. The highest BCUT2D eigenvalue weighted by Gasteiger charge is 2.17. The van der Waals surface area contributed by atoms with E-state index < -0.39 is 5.95 Å². The summed E-state index contributed by atoms with van der Waals surface area (Å²) < 4.78 is 23.6.